The fourth-order valence-corrected chi connectivity index (χ4v) is 2.33. The van der Waals surface area contributed by atoms with Crippen molar-refractivity contribution in [3.63, 3.8) is 0 Å². The summed E-state index contributed by atoms with van der Waals surface area (Å²) in [5.41, 5.74) is 0.739. The zero-order valence-electron chi connectivity index (χ0n) is 8.74. The average Bonchev–Trinajstić information content (AvgIpc) is 2.21. The van der Waals surface area contributed by atoms with E-state index < -0.39 is 6.10 Å². The monoisotopic (exact) mass is 398 g/mol. The third-order valence-electron chi connectivity index (χ3n) is 1.98. The Morgan fingerprint density at radius 3 is 2.94 bits per heavy atom. The molecule has 88 valence electrons. The Morgan fingerprint density at radius 1 is 1.62 bits per heavy atom. The lowest BCUT2D eigenvalue weighted by Crippen LogP contribution is -2.11. The van der Waals surface area contributed by atoms with Crippen LogP contribution in [0.1, 0.15) is 25.0 Å². The highest BCUT2D eigenvalue weighted by Gasteiger charge is 2.16. The molecule has 1 unspecified atom stereocenters. The Morgan fingerprint density at radius 2 is 2.31 bits per heavy atom. The largest absolute Gasteiger partial charge is 0.466 e. The predicted octanol–water partition coefficient (Wildman–Crippen LogP) is 3.04. The first-order valence-corrected chi connectivity index (χ1v) is 6.70. The van der Waals surface area contributed by atoms with Crippen LogP contribution in [0.2, 0.25) is 0 Å². The molecule has 0 saturated heterocycles. The van der Waals surface area contributed by atoms with Crippen LogP contribution in [0.5, 0.6) is 0 Å². The van der Waals surface area contributed by atoms with Crippen LogP contribution in [0, 0.1) is 3.57 Å². The van der Waals surface area contributed by atoms with E-state index in [1.165, 1.54) is 0 Å². The van der Waals surface area contributed by atoms with E-state index in [2.05, 4.69) is 38.5 Å². The molecule has 16 heavy (non-hydrogen) atoms. The van der Waals surface area contributed by atoms with E-state index in [1.807, 2.05) is 18.2 Å². The van der Waals surface area contributed by atoms with Crippen LogP contribution in [0.4, 0.5) is 0 Å². The van der Waals surface area contributed by atoms with Gasteiger partial charge in [-0.15, -0.1) is 0 Å². The maximum atomic E-state index is 11.2. The van der Waals surface area contributed by atoms with Crippen LogP contribution in [0.25, 0.3) is 0 Å². The summed E-state index contributed by atoms with van der Waals surface area (Å²) in [6.07, 6.45) is -0.830. The van der Waals surface area contributed by atoms with Crippen molar-refractivity contribution < 1.29 is 14.6 Å². The SMILES string of the molecule is CCOC(=O)CC(O)c1cc(Br)ccc1I. The minimum Gasteiger partial charge on any atom is -0.466 e. The second-order valence-corrected chi connectivity index (χ2v) is 5.27. The van der Waals surface area contributed by atoms with E-state index in [9.17, 15) is 9.90 Å². The molecule has 0 saturated carbocycles. The van der Waals surface area contributed by atoms with Crippen LogP contribution in [0.15, 0.2) is 22.7 Å². The van der Waals surface area contributed by atoms with Crippen LogP contribution >= 0.6 is 38.5 Å². The lowest BCUT2D eigenvalue weighted by Gasteiger charge is -2.12. The number of aliphatic hydroxyl groups is 1. The van der Waals surface area contributed by atoms with Crippen molar-refractivity contribution in [3.05, 3.63) is 31.8 Å². The summed E-state index contributed by atoms with van der Waals surface area (Å²) in [5, 5.41) is 9.90. The molecule has 5 heteroatoms. The summed E-state index contributed by atoms with van der Waals surface area (Å²) in [6.45, 7) is 2.08. The van der Waals surface area contributed by atoms with Crippen molar-refractivity contribution >= 4 is 44.5 Å². The standard InChI is InChI=1S/C11H12BrIO3/c1-2-16-11(15)6-10(14)8-5-7(12)3-4-9(8)13/h3-5,10,14H,2,6H2,1H3. The molecule has 0 aliphatic heterocycles. The number of hydrogen-bond donors (Lipinski definition) is 1. The van der Waals surface area contributed by atoms with Gasteiger partial charge < -0.3 is 9.84 Å². The van der Waals surface area contributed by atoms with Gasteiger partial charge in [-0.05, 0) is 53.3 Å². The maximum Gasteiger partial charge on any atom is 0.308 e. The fourth-order valence-electron chi connectivity index (χ4n) is 1.26. The molecule has 1 aromatic carbocycles. The van der Waals surface area contributed by atoms with Crippen molar-refractivity contribution in [2.24, 2.45) is 0 Å². The van der Waals surface area contributed by atoms with Crippen molar-refractivity contribution in [2.75, 3.05) is 6.61 Å². The molecule has 0 aliphatic rings. The van der Waals surface area contributed by atoms with Crippen LogP contribution in [-0.2, 0) is 9.53 Å². The molecule has 0 radical (unpaired) electrons. The van der Waals surface area contributed by atoms with Crippen molar-refractivity contribution in [2.45, 2.75) is 19.4 Å². The van der Waals surface area contributed by atoms with E-state index >= 15 is 0 Å². The number of hydrogen-bond acceptors (Lipinski definition) is 3. The summed E-state index contributed by atoms with van der Waals surface area (Å²) >= 11 is 5.46. The Kier molecular flexibility index (Phi) is 5.71. The average molecular weight is 399 g/mol. The van der Waals surface area contributed by atoms with Crippen LogP contribution < -0.4 is 0 Å². The zero-order valence-corrected chi connectivity index (χ0v) is 12.5. The number of carbonyl (C=O) groups excluding carboxylic acids is 1. The molecule has 1 rings (SSSR count). The summed E-state index contributed by atoms with van der Waals surface area (Å²) in [6, 6.07) is 5.59. The smallest absolute Gasteiger partial charge is 0.308 e. The summed E-state index contributed by atoms with van der Waals surface area (Å²) in [4.78, 5) is 11.2. The second kappa shape index (κ2) is 6.56. The highest BCUT2D eigenvalue weighted by Crippen LogP contribution is 2.26. The van der Waals surface area contributed by atoms with Crippen molar-refractivity contribution in [3.8, 4) is 0 Å². The molecule has 0 amide bonds. The first-order valence-electron chi connectivity index (χ1n) is 4.83. The minimum atomic E-state index is -0.816. The zero-order chi connectivity index (χ0) is 12.1. The third-order valence-corrected chi connectivity index (χ3v) is 3.46. The Balaban J connectivity index is 2.76. The Labute approximate surface area is 116 Å². The molecule has 0 spiro atoms. The normalized spacial score (nSPS) is 12.2. The van der Waals surface area contributed by atoms with E-state index in [-0.39, 0.29) is 12.4 Å². The Hall–Kier alpha value is -0.140. The number of aliphatic hydroxyl groups excluding tert-OH is 1. The van der Waals surface area contributed by atoms with Gasteiger partial charge in [0.2, 0.25) is 0 Å². The van der Waals surface area contributed by atoms with Crippen LogP contribution in [-0.4, -0.2) is 17.7 Å². The molecule has 0 aromatic heterocycles. The lowest BCUT2D eigenvalue weighted by atomic mass is 10.1. The molecule has 0 aliphatic carbocycles. The van der Waals surface area contributed by atoms with Crippen LogP contribution in [0.3, 0.4) is 0 Å². The molecule has 0 bridgehead atoms. The van der Waals surface area contributed by atoms with Gasteiger partial charge in [0.05, 0.1) is 19.1 Å². The highest BCUT2D eigenvalue weighted by atomic mass is 127. The molecule has 1 aromatic rings. The van der Waals surface area contributed by atoms with Crippen molar-refractivity contribution in [1.82, 2.24) is 0 Å². The number of halogens is 2. The summed E-state index contributed by atoms with van der Waals surface area (Å²) in [5.74, 6) is -0.384. The molecular formula is C11H12BrIO3. The molecule has 0 fully saturated rings. The molecule has 3 nitrogen and oxygen atoms in total. The maximum absolute atomic E-state index is 11.2. The molecule has 1 atom stereocenters. The fraction of sp³-hybridized carbons (Fsp3) is 0.364. The summed E-state index contributed by atoms with van der Waals surface area (Å²) in [7, 11) is 0. The predicted molar refractivity (Wildman–Crippen MR) is 73.1 cm³/mol. The minimum absolute atomic E-state index is 0.0136. The van der Waals surface area contributed by atoms with Gasteiger partial charge in [-0.2, -0.15) is 0 Å². The number of rotatable bonds is 4. The van der Waals surface area contributed by atoms with E-state index in [4.69, 9.17) is 4.74 Å². The number of carbonyl (C=O) groups is 1. The number of ether oxygens (including phenoxy) is 1. The van der Waals surface area contributed by atoms with E-state index in [0.29, 0.717) is 6.61 Å². The molecule has 0 heterocycles. The van der Waals surface area contributed by atoms with Gasteiger partial charge in [0, 0.05) is 8.04 Å². The topological polar surface area (TPSA) is 46.5 Å². The number of benzene rings is 1. The first kappa shape index (κ1) is 13.9. The molecular weight excluding hydrogens is 387 g/mol. The van der Waals surface area contributed by atoms with E-state index in [0.717, 1.165) is 13.6 Å². The highest BCUT2D eigenvalue weighted by molar-refractivity contribution is 14.1. The first-order chi connectivity index (χ1) is 7.54. The lowest BCUT2D eigenvalue weighted by molar-refractivity contribution is -0.145. The van der Waals surface area contributed by atoms with Gasteiger partial charge in [-0.3, -0.25) is 4.79 Å². The van der Waals surface area contributed by atoms with Gasteiger partial charge in [-0.1, -0.05) is 15.9 Å². The Bertz CT molecular complexity index is 381. The summed E-state index contributed by atoms with van der Waals surface area (Å²) < 4.78 is 6.60. The quantitative estimate of drug-likeness (QED) is 0.626. The van der Waals surface area contributed by atoms with E-state index in [1.54, 1.807) is 6.92 Å². The molecule has 1 N–H and O–H groups in total. The second-order valence-electron chi connectivity index (χ2n) is 3.19. The van der Waals surface area contributed by atoms with Gasteiger partial charge in [0.25, 0.3) is 0 Å². The third kappa shape index (κ3) is 4.03. The van der Waals surface area contributed by atoms with Gasteiger partial charge in [0.15, 0.2) is 0 Å². The van der Waals surface area contributed by atoms with Gasteiger partial charge >= 0.3 is 5.97 Å². The van der Waals surface area contributed by atoms with Gasteiger partial charge in [-0.25, -0.2) is 0 Å². The van der Waals surface area contributed by atoms with Gasteiger partial charge in [0.1, 0.15) is 0 Å². The number of esters is 1. The van der Waals surface area contributed by atoms with Crippen molar-refractivity contribution in [1.29, 1.82) is 0 Å².